The highest BCUT2D eigenvalue weighted by atomic mass is 15.6. The van der Waals surface area contributed by atoms with Crippen molar-refractivity contribution >= 4 is 6.08 Å². The van der Waals surface area contributed by atoms with Gasteiger partial charge in [-0.15, -0.1) is 15.0 Å². The third-order valence-corrected chi connectivity index (χ3v) is 5.55. The lowest BCUT2D eigenvalue weighted by molar-refractivity contribution is 0.104. The van der Waals surface area contributed by atoms with Gasteiger partial charge in [0.15, 0.2) is 0 Å². The minimum absolute atomic E-state index is 0.523. The number of hydrogen-bond donors (Lipinski definition) is 0. The highest BCUT2D eigenvalue weighted by Gasteiger charge is 2.17. The zero-order chi connectivity index (χ0) is 20.8. The van der Waals surface area contributed by atoms with Crippen LogP contribution in [0.3, 0.4) is 0 Å². The number of nitrogens with zero attached hydrogens (tertiary/aromatic N) is 6. The lowest BCUT2D eigenvalue weighted by Gasteiger charge is -2.33. The van der Waals surface area contributed by atoms with Crippen LogP contribution >= 0.6 is 0 Å². The van der Waals surface area contributed by atoms with Crippen LogP contribution in [0.25, 0.3) is 17.5 Å². The van der Waals surface area contributed by atoms with Crippen LogP contribution in [-0.2, 0) is 6.67 Å². The van der Waals surface area contributed by atoms with Gasteiger partial charge in [0.25, 0.3) is 0 Å². The van der Waals surface area contributed by atoms with Gasteiger partial charge in [-0.05, 0) is 22.3 Å². The second-order valence-corrected chi connectivity index (χ2v) is 8.14. The van der Waals surface area contributed by atoms with E-state index in [1.165, 1.54) is 11.1 Å². The topological polar surface area (TPSA) is 50.1 Å². The average Bonchev–Trinajstić information content (AvgIpc) is 3.24. The molecule has 0 spiro atoms. The fourth-order valence-electron chi connectivity index (χ4n) is 3.63. The Morgan fingerprint density at radius 3 is 2.30 bits per heavy atom. The molecule has 1 aliphatic rings. The van der Waals surface area contributed by atoms with Crippen molar-refractivity contribution in [2.24, 2.45) is 0 Å². The Morgan fingerprint density at radius 2 is 1.60 bits per heavy atom. The van der Waals surface area contributed by atoms with E-state index in [1.54, 1.807) is 4.80 Å². The number of tetrazole rings is 1. The maximum atomic E-state index is 4.58. The summed E-state index contributed by atoms with van der Waals surface area (Å²) < 4.78 is 0. The van der Waals surface area contributed by atoms with Crippen molar-refractivity contribution in [2.45, 2.75) is 26.4 Å². The summed E-state index contributed by atoms with van der Waals surface area (Å²) in [5, 5.41) is 13.1. The average molecular weight is 403 g/mol. The van der Waals surface area contributed by atoms with Gasteiger partial charge in [0.1, 0.15) is 6.67 Å². The van der Waals surface area contributed by atoms with Crippen LogP contribution in [0.2, 0.25) is 0 Å². The van der Waals surface area contributed by atoms with Gasteiger partial charge in [0, 0.05) is 38.3 Å². The minimum atomic E-state index is 0.523. The van der Waals surface area contributed by atoms with Crippen LogP contribution < -0.4 is 0 Å². The summed E-state index contributed by atoms with van der Waals surface area (Å²) in [5.74, 6) is 1.21. The number of piperazine rings is 1. The van der Waals surface area contributed by atoms with Gasteiger partial charge in [-0.1, -0.05) is 80.6 Å². The molecule has 0 unspecified atom stereocenters. The van der Waals surface area contributed by atoms with Gasteiger partial charge in [0.2, 0.25) is 5.82 Å². The normalized spacial score (nSPS) is 16.0. The van der Waals surface area contributed by atoms with Gasteiger partial charge in [-0.2, -0.15) is 0 Å². The summed E-state index contributed by atoms with van der Waals surface area (Å²) >= 11 is 0. The van der Waals surface area contributed by atoms with Crippen molar-refractivity contribution in [1.29, 1.82) is 0 Å². The Hall–Kier alpha value is -2.83. The van der Waals surface area contributed by atoms with Crippen molar-refractivity contribution in [1.82, 2.24) is 30.0 Å². The summed E-state index contributed by atoms with van der Waals surface area (Å²) in [4.78, 5) is 6.56. The van der Waals surface area contributed by atoms with E-state index in [9.17, 15) is 0 Å². The second-order valence-electron chi connectivity index (χ2n) is 8.14. The van der Waals surface area contributed by atoms with Crippen LogP contribution in [0.4, 0.5) is 0 Å². The van der Waals surface area contributed by atoms with Crippen LogP contribution in [-0.4, -0.2) is 62.7 Å². The van der Waals surface area contributed by atoms with E-state index in [-0.39, 0.29) is 0 Å². The quantitative estimate of drug-likeness (QED) is 0.602. The van der Waals surface area contributed by atoms with Gasteiger partial charge in [-0.3, -0.25) is 9.80 Å². The third-order valence-electron chi connectivity index (χ3n) is 5.55. The molecule has 6 nitrogen and oxygen atoms in total. The molecule has 0 bridgehead atoms. The van der Waals surface area contributed by atoms with Gasteiger partial charge in [-0.25, -0.2) is 0 Å². The number of benzene rings is 2. The van der Waals surface area contributed by atoms with Gasteiger partial charge >= 0.3 is 0 Å². The van der Waals surface area contributed by atoms with Crippen molar-refractivity contribution in [3.8, 4) is 11.4 Å². The van der Waals surface area contributed by atoms with E-state index in [1.807, 2.05) is 6.07 Å². The molecular weight excluding hydrogens is 372 g/mol. The van der Waals surface area contributed by atoms with Crippen LogP contribution in [0.5, 0.6) is 0 Å². The van der Waals surface area contributed by atoms with Gasteiger partial charge < -0.3 is 0 Å². The van der Waals surface area contributed by atoms with E-state index < -0.39 is 0 Å². The molecular formula is C24H30N6. The molecule has 2 heterocycles. The molecule has 1 aliphatic heterocycles. The number of aromatic nitrogens is 4. The van der Waals surface area contributed by atoms with Crippen molar-refractivity contribution in [3.63, 3.8) is 0 Å². The lowest BCUT2D eigenvalue weighted by Crippen LogP contribution is -2.46. The van der Waals surface area contributed by atoms with Crippen LogP contribution in [0.15, 0.2) is 60.7 Å². The molecule has 0 radical (unpaired) electrons. The Morgan fingerprint density at radius 1 is 0.900 bits per heavy atom. The van der Waals surface area contributed by atoms with E-state index in [2.05, 4.69) is 99.7 Å². The van der Waals surface area contributed by atoms with Crippen molar-refractivity contribution in [3.05, 3.63) is 71.8 Å². The lowest BCUT2D eigenvalue weighted by atomic mass is 10.0. The fraction of sp³-hybridized carbons (Fsp3) is 0.375. The van der Waals surface area contributed by atoms with Crippen LogP contribution in [0, 0.1) is 0 Å². The molecule has 4 rings (SSSR count). The molecule has 6 heteroatoms. The Balaban J connectivity index is 1.25. The first-order chi connectivity index (χ1) is 14.7. The highest BCUT2D eigenvalue weighted by molar-refractivity contribution is 5.54. The molecule has 30 heavy (non-hydrogen) atoms. The Labute approximate surface area is 178 Å². The molecule has 1 aromatic heterocycles. The maximum absolute atomic E-state index is 4.58. The minimum Gasteiger partial charge on any atom is -0.297 e. The van der Waals surface area contributed by atoms with E-state index >= 15 is 0 Å². The van der Waals surface area contributed by atoms with Crippen LogP contribution in [0.1, 0.15) is 30.9 Å². The SMILES string of the molecule is CC(C)c1ccc(-c2nnn(CN3CCN(C/C=C/c4ccccc4)CC3)n2)cc1. The molecule has 0 N–H and O–H groups in total. The van der Waals surface area contributed by atoms with Gasteiger partial charge in [0.05, 0.1) is 0 Å². The summed E-state index contributed by atoms with van der Waals surface area (Å²) in [7, 11) is 0. The molecule has 0 saturated carbocycles. The molecule has 1 saturated heterocycles. The van der Waals surface area contributed by atoms with E-state index in [0.717, 1.165) is 38.3 Å². The summed E-state index contributed by atoms with van der Waals surface area (Å²) in [5.41, 5.74) is 3.59. The Bertz CT molecular complexity index is 937. The standard InChI is InChI=1S/C24H30N6/c1-20(2)22-10-12-23(13-11-22)24-25-27-30(26-24)19-29-17-15-28(16-18-29)14-6-9-21-7-4-3-5-8-21/h3-13,20H,14-19H2,1-2H3/b9-6+. The smallest absolute Gasteiger partial charge is 0.204 e. The fourth-order valence-corrected chi connectivity index (χ4v) is 3.63. The Kier molecular flexibility index (Phi) is 6.67. The zero-order valence-corrected chi connectivity index (χ0v) is 17.9. The van der Waals surface area contributed by atoms with Crippen molar-refractivity contribution < 1.29 is 0 Å². The molecule has 0 atom stereocenters. The third kappa shape index (κ3) is 5.40. The maximum Gasteiger partial charge on any atom is 0.204 e. The predicted molar refractivity (Wildman–Crippen MR) is 121 cm³/mol. The molecule has 0 amide bonds. The summed E-state index contributed by atoms with van der Waals surface area (Å²) in [6.07, 6.45) is 4.45. The van der Waals surface area contributed by atoms with Crippen molar-refractivity contribution in [2.75, 3.05) is 32.7 Å². The first-order valence-corrected chi connectivity index (χ1v) is 10.7. The second kappa shape index (κ2) is 9.78. The molecule has 1 fully saturated rings. The summed E-state index contributed by atoms with van der Waals surface area (Å²) in [6.45, 7) is 10.2. The molecule has 3 aromatic rings. The first-order valence-electron chi connectivity index (χ1n) is 10.7. The highest BCUT2D eigenvalue weighted by Crippen LogP contribution is 2.19. The molecule has 156 valence electrons. The zero-order valence-electron chi connectivity index (χ0n) is 17.9. The number of rotatable bonds is 7. The molecule has 2 aromatic carbocycles. The largest absolute Gasteiger partial charge is 0.297 e. The van der Waals surface area contributed by atoms with E-state index in [0.29, 0.717) is 18.4 Å². The molecule has 0 aliphatic carbocycles. The number of hydrogen-bond acceptors (Lipinski definition) is 5. The monoisotopic (exact) mass is 402 g/mol. The predicted octanol–water partition coefficient (Wildman–Crippen LogP) is 3.75. The van der Waals surface area contributed by atoms with E-state index in [4.69, 9.17) is 0 Å². The first kappa shape index (κ1) is 20.4. The summed E-state index contributed by atoms with van der Waals surface area (Å²) in [6, 6.07) is 18.9.